The highest BCUT2D eigenvalue weighted by Crippen LogP contribution is 2.37. The lowest BCUT2D eigenvalue weighted by Crippen LogP contribution is -2.42. The molecule has 116 valence electrons. The minimum Gasteiger partial charge on any atom is -0.381 e. The summed E-state index contributed by atoms with van der Waals surface area (Å²) in [5, 5.41) is 3.53. The molecule has 2 nitrogen and oxygen atoms in total. The smallest absolute Gasteiger partial charge is 0.143 e. The molecule has 1 N–H and O–H groups in total. The average Bonchev–Trinajstić information content (AvgIpc) is 3.31. The zero-order chi connectivity index (χ0) is 14.9. The van der Waals surface area contributed by atoms with Gasteiger partial charge in [0.1, 0.15) is 11.6 Å². The molecular weight excluding hydrogens is 340 g/mol. The quantitative estimate of drug-likeness (QED) is 0.807. The predicted octanol–water partition coefficient (Wildman–Crippen LogP) is 3.82. The second kappa shape index (κ2) is 6.31. The Morgan fingerprint density at radius 2 is 1.95 bits per heavy atom. The second-order valence-corrected chi connectivity index (χ2v) is 7.12. The van der Waals surface area contributed by atoms with Crippen molar-refractivity contribution in [2.45, 2.75) is 38.1 Å². The molecule has 1 heterocycles. The van der Waals surface area contributed by atoms with Crippen molar-refractivity contribution in [2.75, 3.05) is 19.8 Å². The summed E-state index contributed by atoms with van der Waals surface area (Å²) in [4.78, 5) is 0. The summed E-state index contributed by atoms with van der Waals surface area (Å²) < 4.78 is 34.1. The minimum absolute atomic E-state index is 0.108. The van der Waals surface area contributed by atoms with E-state index in [0.29, 0.717) is 30.1 Å². The lowest BCUT2D eigenvalue weighted by atomic mass is 9.75. The Hall–Kier alpha value is -0.520. The zero-order valence-electron chi connectivity index (χ0n) is 11.9. The summed E-state index contributed by atoms with van der Waals surface area (Å²) in [6, 6.07) is 3.36. The van der Waals surface area contributed by atoms with Gasteiger partial charge in [-0.2, -0.15) is 0 Å². The van der Waals surface area contributed by atoms with Crippen LogP contribution in [0.2, 0.25) is 0 Å². The van der Waals surface area contributed by atoms with Gasteiger partial charge in [-0.3, -0.25) is 0 Å². The van der Waals surface area contributed by atoms with Crippen LogP contribution in [-0.4, -0.2) is 25.8 Å². The molecule has 1 aromatic carbocycles. The molecule has 21 heavy (non-hydrogen) atoms. The van der Waals surface area contributed by atoms with Gasteiger partial charge in [0.25, 0.3) is 0 Å². The standard InChI is InChI=1S/C16H20BrF2NO/c17-13-3-4-14(18)12(15(13)19)9-16(5-7-21-8-6-16)10-20-11-1-2-11/h3-4,11,20H,1-2,5-10H2. The maximum atomic E-state index is 14.3. The third-order valence-electron chi connectivity index (χ3n) is 4.59. The Morgan fingerprint density at radius 3 is 2.62 bits per heavy atom. The van der Waals surface area contributed by atoms with E-state index in [1.165, 1.54) is 25.0 Å². The fraction of sp³-hybridized carbons (Fsp3) is 0.625. The van der Waals surface area contributed by atoms with Crippen molar-refractivity contribution in [3.05, 3.63) is 33.8 Å². The molecule has 0 atom stereocenters. The number of halogens is 3. The molecule has 0 spiro atoms. The van der Waals surface area contributed by atoms with Crippen LogP contribution in [-0.2, 0) is 11.2 Å². The van der Waals surface area contributed by atoms with Crippen LogP contribution in [0, 0.1) is 17.0 Å². The number of ether oxygens (including phenoxy) is 1. The van der Waals surface area contributed by atoms with Gasteiger partial charge in [0, 0.05) is 31.4 Å². The van der Waals surface area contributed by atoms with Gasteiger partial charge < -0.3 is 10.1 Å². The molecule has 5 heteroatoms. The van der Waals surface area contributed by atoms with Gasteiger partial charge in [-0.1, -0.05) is 0 Å². The van der Waals surface area contributed by atoms with Crippen molar-refractivity contribution < 1.29 is 13.5 Å². The summed E-state index contributed by atoms with van der Waals surface area (Å²) in [5.41, 5.74) is 0.0902. The van der Waals surface area contributed by atoms with Crippen LogP contribution in [0.4, 0.5) is 8.78 Å². The van der Waals surface area contributed by atoms with Crippen molar-refractivity contribution in [2.24, 2.45) is 5.41 Å². The highest BCUT2D eigenvalue weighted by Gasteiger charge is 2.36. The molecule has 1 saturated carbocycles. The van der Waals surface area contributed by atoms with Crippen molar-refractivity contribution in [3.63, 3.8) is 0 Å². The molecular formula is C16H20BrF2NO. The third kappa shape index (κ3) is 3.63. The first kappa shape index (κ1) is 15.4. The summed E-state index contributed by atoms with van der Waals surface area (Å²) in [6.45, 7) is 2.15. The Kier molecular flexibility index (Phi) is 4.62. The number of hydrogen-bond acceptors (Lipinski definition) is 2. The van der Waals surface area contributed by atoms with E-state index in [2.05, 4.69) is 21.2 Å². The van der Waals surface area contributed by atoms with E-state index in [1.54, 1.807) is 0 Å². The third-order valence-corrected chi connectivity index (χ3v) is 5.20. The van der Waals surface area contributed by atoms with E-state index in [-0.39, 0.29) is 11.0 Å². The fourth-order valence-electron chi connectivity index (χ4n) is 2.97. The van der Waals surface area contributed by atoms with Gasteiger partial charge in [0.05, 0.1) is 4.47 Å². The first-order chi connectivity index (χ1) is 10.1. The van der Waals surface area contributed by atoms with Crippen molar-refractivity contribution in [1.82, 2.24) is 5.32 Å². The van der Waals surface area contributed by atoms with E-state index < -0.39 is 11.6 Å². The molecule has 0 radical (unpaired) electrons. The van der Waals surface area contributed by atoms with E-state index in [9.17, 15) is 8.78 Å². The zero-order valence-corrected chi connectivity index (χ0v) is 13.5. The molecule has 3 rings (SSSR count). The molecule has 1 saturated heterocycles. The maximum Gasteiger partial charge on any atom is 0.143 e. The van der Waals surface area contributed by atoms with Crippen LogP contribution in [0.25, 0.3) is 0 Å². The molecule has 0 amide bonds. The lowest BCUT2D eigenvalue weighted by molar-refractivity contribution is 0.0139. The van der Waals surface area contributed by atoms with Crippen LogP contribution in [0.3, 0.4) is 0 Å². The summed E-state index contributed by atoms with van der Waals surface area (Å²) >= 11 is 3.15. The average molecular weight is 360 g/mol. The van der Waals surface area contributed by atoms with Crippen molar-refractivity contribution in [3.8, 4) is 0 Å². The molecule has 1 aliphatic carbocycles. The van der Waals surface area contributed by atoms with Gasteiger partial charge in [-0.25, -0.2) is 8.78 Å². The van der Waals surface area contributed by atoms with Gasteiger partial charge in [0.15, 0.2) is 0 Å². The predicted molar refractivity (Wildman–Crippen MR) is 81.3 cm³/mol. The molecule has 0 unspecified atom stereocenters. The summed E-state index contributed by atoms with van der Waals surface area (Å²) in [7, 11) is 0. The second-order valence-electron chi connectivity index (χ2n) is 6.27. The summed E-state index contributed by atoms with van der Waals surface area (Å²) in [5.74, 6) is -0.916. The van der Waals surface area contributed by atoms with Gasteiger partial charge in [-0.15, -0.1) is 0 Å². The monoisotopic (exact) mass is 359 g/mol. The van der Waals surface area contributed by atoms with Gasteiger partial charge in [-0.05, 0) is 65.6 Å². The first-order valence-corrected chi connectivity index (χ1v) is 8.32. The molecule has 0 aromatic heterocycles. The van der Waals surface area contributed by atoms with Crippen LogP contribution in [0.15, 0.2) is 16.6 Å². The lowest BCUT2D eigenvalue weighted by Gasteiger charge is -2.38. The Balaban J connectivity index is 1.81. The molecule has 2 fully saturated rings. The topological polar surface area (TPSA) is 21.3 Å². The minimum atomic E-state index is -0.465. The molecule has 0 bridgehead atoms. The highest BCUT2D eigenvalue weighted by molar-refractivity contribution is 9.10. The van der Waals surface area contributed by atoms with Crippen molar-refractivity contribution in [1.29, 1.82) is 0 Å². The molecule has 1 aliphatic heterocycles. The van der Waals surface area contributed by atoms with E-state index in [4.69, 9.17) is 4.74 Å². The SMILES string of the molecule is Fc1ccc(Br)c(F)c1CC1(CNC2CC2)CCOCC1. The largest absolute Gasteiger partial charge is 0.381 e. The van der Waals surface area contributed by atoms with Crippen LogP contribution < -0.4 is 5.32 Å². The van der Waals surface area contributed by atoms with Crippen LogP contribution in [0.1, 0.15) is 31.2 Å². The molecule has 2 aliphatic rings. The first-order valence-electron chi connectivity index (χ1n) is 7.53. The van der Waals surface area contributed by atoms with Gasteiger partial charge in [0.2, 0.25) is 0 Å². The van der Waals surface area contributed by atoms with Crippen LogP contribution >= 0.6 is 15.9 Å². The Labute approximate surface area is 132 Å². The summed E-state index contributed by atoms with van der Waals surface area (Å²) in [6.07, 6.45) is 4.54. The molecule has 1 aromatic rings. The Morgan fingerprint density at radius 1 is 1.24 bits per heavy atom. The van der Waals surface area contributed by atoms with Crippen LogP contribution in [0.5, 0.6) is 0 Å². The number of benzene rings is 1. The highest BCUT2D eigenvalue weighted by atomic mass is 79.9. The fourth-order valence-corrected chi connectivity index (χ4v) is 3.35. The number of nitrogens with one attached hydrogen (secondary N) is 1. The van der Waals surface area contributed by atoms with E-state index in [0.717, 1.165) is 19.4 Å². The van der Waals surface area contributed by atoms with Gasteiger partial charge >= 0.3 is 0 Å². The number of rotatable bonds is 5. The van der Waals surface area contributed by atoms with E-state index in [1.807, 2.05) is 0 Å². The Bertz CT molecular complexity index is 513. The number of hydrogen-bond donors (Lipinski definition) is 1. The van der Waals surface area contributed by atoms with E-state index >= 15 is 0 Å². The maximum absolute atomic E-state index is 14.3. The van der Waals surface area contributed by atoms with Crippen molar-refractivity contribution >= 4 is 15.9 Å². The normalized spacial score (nSPS) is 21.5.